The Bertz CT molecular complexity index is 1250. The van der Waals surface area contributed by atoms with E-state index in [0.29, 0.717) is 17.2 Å². The van der Waals surface area contributed by atoms with Crippen LogP contribution in [0, 0.1) is 0 Å². The third-order valence-corrected chi connectivity index (χ3v) is 6.44. The zero-order valence-electron chi connectivity index (χ0n) is 18.3. The molecule has 0 bridgehead atoms. The molecule has 164 valence electrons. The number of pyridine rings is 2. The Morgan fingerprint density at radius 3 is 1.41 bits per heavy atom. The summed E-state index contributed by atoms with van der Waals surface area (Å²) in [7, 11) is 0. The van der Waals surface area contributed by atoms with Gasteiger partial charge in [0.2, 0.25) is 0 Å². The molecule has 0 aliphatic carbocycles. The monoisotopic (exact) mass is 460 g/mol. The molecule has 0 aliphatic rings. The molecule has 6 heteroatoms. The maximum Gasteiger partial charge on any atom is 1.20 e. The second kappa shape index (κ2) is 10.7. The molecule has 5 aromatic rings. The van der Waals surface area contributed by atoms with Crippen LogP contribution in [-0.2, 0) is 0 Å². The molecule has 2 aromatic heterocycles. The summed E-state index contributed by atoms with van der Waals surface area (Å²) in [6.07, 6.45) is 3.53. The van der Waals surface area contributed by atoms with Crippen LogP contribution in [0.25, 0.3) is 22.5 Å². The average molecular weight is 460 g/mol. The van der Waals surface area contributed by atoms with Crippen LogP contribution >= 0.6 is 0 Å². The summed E-state index contributed by atoms with van der Waals surface area (Å²) in [4.78, 5) is 8.97. The molecule has 0 atom stereocenters. The van der Waals surface area contributed by atoms with E-state index >= 15 is 0 Å². The summed E-state index contributed by atoms with van der Waals surface area (Å²) in [5.74, 6) is 2.00. The van der Waals surface area contributed by atoms with E-state index in [-0.39, 0.29) is 0 Å². The molecule has 0 saturated carbocycles. The fraction of sp³-hybridized carbons (Fsp3) is 0. The van der Waals surface area contributed by atoms with Gasteiger partial charge in [0.25, 0.3) is 0 Å². The lowest BCUT2D eigenvalue weighted by Gasteiger charge is -2.19. The van der Waals surface area contributed by atoms with Gasteiger partial charge in [-0.15, -0.1) is 0 Å². The molecule has 0 N–H and O–H groups in total. The normalized spacial score (nSPS) is 10.4. The van der Waals surface area contributed by atoms with E-state index in [2.05, 4.69) is 9.97 Å². The van der Waals surface area contributed by atoms with Crippen molar-refractivity contribution in [2.45, 2.75) is 0 Å². The molecule has 5 rings (SSSR count). The lowest BCUT2D eigenvalue weighted by atomic mass is 10.1. The Balaban J connectivity index is 1.49. The van der Waals surface area contributed by atoms with Gasteiger partial charge in [0.15, 0.2) is 0 Å². The second-order valence-corrected chi connectivity index (χ2v) is 8.66. The van der Waals surface area contributed by atoms with Crippen molar-refractivity contribution in [2.75, 3.05) is 0 Å². The zero-order valence-corrected chi connectivity index (χ0v) is 19.5. The molecule has 0 saturated heterocycles. The largest absolute Gasteiger partial charge is 1.20 e. The minimum absolute atomic E-state index is 0.657. The highest BCUT2D eigenvalue weighted by atomic mass is 27.3. The van der Waals surface area contributed by atoms with Crippen LogP contribution in [0.4, 0.5) is 0 Å². The average Bonchev–Trinajstić information content (AvgIpc) is 2.91. The van der Waals surface area contributed by atoms with Gasteiger partial charge in [-0.1, -0.05) is 54.6 Å². The Morgan fingerprint density at radius 1 is 0.441 bits per heavy atom. The number of benzene rings is 3. The van der Waals surface area contributed by atoms with Gasteiger partial charge in [-0.25, -0.2) is 0 Å². The fourth-order valence-electron chi connectivity index (χ4n) is 3.50. The van der Waals surface area contributed by atoms with Crippen LogP contribution in [0.1, 0.15) is 0 Å². The highest BCUT2D eigenvalue weighted by molar-refractivity contribution is 6.39. The zero-order chi connectivity index (χ0) is 23.0. The van der Waals surface area contributed by atoms with E-state index in [1.54, 1.807) is 12.4 Å². The molecule has 2 heterocycles. The Labute approximate surface area is 203 Å². The van der Waals surface area contributed by atoms with E-state index < -0.39 is 15.1 Å². The molecule has 0 amide bonds. The smallest absolute Gasteiger partial charge is 0.577 e. The van der Waals surface area contributed by atoms with Gasteiger partial charge in [-0.3, -0.25) is 9.97 Å². The highest BCUT2D eigenvalue weighted by Gasteiger charge is 2.45. The minimum atomic E-state index is -2.77. The highest BCUT2D eigenvalue weighted by Crippen LogP contribution is 2.32. The van der Waals surface area contributed by atoms with Gasteiger partial charge in [0.1, 0.15) is 0 Å². The van der Waals surface area contributed by atoms with Crippen molar-refractivity contribution >= 4 is 15.1 Å². The first-order chi connectivity index (χ1) is 16.9. The first-order valence-electron chi connectivity index (χ1n) is 10.9. The van der Waals surface area contributed by atoms with Crippen molar-refractivity contribution in [3.8, 4) is 39.8 Å². The number of nitrogens with zero attached hydrogens (tertiary/aromatic N) is 2. The van der Waals surface area contributed by atoms with Crippen LogP contribution in [0.3, 0.4) is 0 Å². The van der Waals surface area contributed by atoms with Gasteiger partial charge in [0, 0.05) is 23.5 Å². The number of aromatic nitrogens is 2. The predicted molar refractivity (Wildman–Crippen MR) is 133 cm³/mol. The van der Waals surface area contributed by atoms with Crippen LogP contribution in [0.15, 0.2) is 128 Å². The van der Waals surface area contributed by atoms with Crippen molar-refractivity contribution < 1.29 is 11.4 Å². The molecule has 0 spiro atoms. The van der Waals surface area contributed by atoms with E-state index in [1.807, 2.05) is 115 Å². The topological polar surface area (TPSA) is 53.5 Å². The van der Waals surface area contributed by atoms with Crippen LogP contribution in [0.5, 0.6) is 17.2 Å². The van der Waals surface area contributed by atoms with Crippen LogP contribution < -0.4 is 11.4 Å². The van der Waals surface area contributed by atoms with Crippen molar-refractivity contribution in [1.29, 1.82) is 0 Å². The molecule has 34 heavy (non-hydrogen) atoms. The first-order valence-corrected chi connectivity index (χ1v) is 12.3. The lowest BCUT2D eigenvalue weighted by Crippen LogP contribution is -2.37. The molecular weight excluding hydrogens is 439 g/mol. The second-order valence-electron chi connectivity index (χ2n) is 7.38. The summed E-state index contributed by atoms with van der Waals surface area (Å²) in [5.41, 5.74) is 3.39. The summed E-state index contributed by atoms with van der Waals surface area (Å²) < 4.78 is 19.1. The summed E-state index contributed by atoms with van der Waals surface area (Å²) >= 11 is -2.77. The molecule has 0 unspecified atom stereocenters. The van der Waals surface area contributed by atoms with Gasteiger partial charge in [-0.2, -0.15) is 0 Å². The van der Waals surface area contributed by atoms with E-state index in [0.717, 1.165) is 22.5 Å². The van der Waals surface area contributed by atoms with Gasteiger partial charge in [-0.05, 0) is 60.7 Å². The van der Waals surface area contributed by atoms with Gasteiger partial charge < -0.3 is 11.4 Å². The predicted octanol–water partition coefficient (Wildman–Crippen LogP) is 6.33. The Hall–Kier alpha value is -4.11. The third kappa shape index (κ3) is 5.27. The third-order valence-electron chi connectivity index (χ3n) is 5.08. The Kier molecular flexibility index (Phi) is 6.82. The first kappa shape index (κ1) is 21.7. The summed E-state index contributed by atoms with van der Waals surface area (Å²) in [6.45, 7) is 0. The number of hydrogen-bond donors (Lipinski definition) is 0. The Morgan fingerprint density at radius 2 is 0.912 bits per heavy atom. The quantitative estimate of drug-likeness (QED) is 0.253. The molecule has 0 fully saturated rings. The van der Waals surface area contributed by atoms with Crippen LogP contribution in [0.2, 0.25) is 0 Å². The SMILES string of the molecule is c1ccc([O][Al]([O]c2ccccc2-c2ccccn2)[O]c2ccccc2-c2ccccn2)cc1. The minimum Gasteiger partial charge on any atom is -0.577 e. The maximum atomic E-state index is 6.43. The van der Waals surface area contributed by atoms with E-state index in [9.17, 15) is 0 Å². The number of para-hydroxylation sites is 3. The molecular formula is C28H21AlN2O3. The summed E-state index contributed by atoms with van der Waals surface area (Å²) in [5, 5.41) is 0. The fourth-order valence-corrected chi connectivity index (χ4v) is 4.85. The lowest BCUT2D eigenvalue weighted by molar-refractivity contribution is 0.308. The number of rotatable bonds is 8. The molecule has 3 aromatic carbocycles. The van der Waals surface area contributed by atoms with Crippen LogP contribution in [-0.4, -0.2) is 25.1 Å². The summed E-state index contributed by atoms with van der Waals surface area (Å²) in [6, 6.07) is 36.7. The van der Waals surface area contributed by atoms with Gasteiger partial charge >= 0.3 is 15.1 Å². The maximum absolute atomic E-state index is 6.43. The molecule has 0 aliphatic heterocycles. The van der Waals surface area contributed by atoms with E-state index in [4.69, 9.17) is 11.4 Å². The number of hydrogen-bond acceptors (Lipinski definition) is 5. The van der Waals surface area contributed by atoms with Crippen molar-refractivity contribution in [1.82, 2.24) is 9.97 Å². The standard InChI is InChI=1S/2C11H9NO.C6H6O.Al/c2*13-11-7-2-1-5-9(11)10-6-3-4-8-12-10;7-6-4-2-1-3-5-6;/h2*1-8,13H;1-5,7H;/q;;;+3/p-3. The van der Waals surface area contributed by atoms with Crippen molar-refractivity contribution in [2.24, 2.45) is 0 Å². The molecule has 5 nitrogen and oxygen atoms in total. The van der Waals surface area contributed by atoms with Crippen molar-refractivity contribution in [3.05, 3.63) is 128 Å². The molecule has 0 radical (unpaired) electrons. The van der Waals surface area contributed by atoms with E-state index in [1.165, 1.54) is 0 Å². The van der Waals surface area contributed by atoms with Gasteiger partial charge in [0.05, 0.1) is 28.6 Å². The van der Waals surface area contributed by atoms with Crippen molar-refractivity contribution in [3.63, 3.8) is 0 Å².